The molecule has 0 N–H and O–H groups in total. The summed E-state index contributed by atoms with van der Waals surface area (Å²) < 4.78 is 0. The van der Waals surface area contributed by atoms with E-state index in [2.05, 4.69) is 169 Å². The highest BCUT2D eigenvalue weighted by molar-refractivity contribution is 5.97. The predicted molar refractivity (Wildman–Crippen MR) is 167 cm³/mol. The average molecular weight is 498 g/mol. The summed E-state index contributed by atoms with van der Waals surface area (Å²) in [5, 5.41) is 5.05. The molecule has 0 amide bonds. The molecule has 0 heterocycles. The minimum absolute atomic E-state index is 1.13. The van der Waals surface area contributed by atoms with Gasteiger partial charge in [0.15, 0.2) is 0 Å². The summed E-state index contributed by atoms with van der Waals surface area (Å²) in [5.74, 6) is 0. The van der Waals surface area contributed by atoms with Crippen molar-refractivity contribution >= 4 is 38.6 Å². The van der Waals surface area contributed by atoms with Gasteiger partial charge in [0.1, 0.15) is 0 Å². The Balaban J connectivity index is 1.31. The van der Waals surface area contributed by atoms with Crippen molar-refractivity contribution in [3.8, 4) is 22.3 Å². The van der Waals surface area contributed by atoms with Gasteiger partial charge >= 0.3 is 0 Å². The quantitative estimate of drug-likeness (QED) is 0.229. The highest BCUT2D eigenvalue weighted by Crippen LogP contribution is 2.38. The zero-order valence-corrected chi connectivity index (χ0v) is 21.5. The summed E-state index contributed by atoms with van der Waals surface area (Å²) in [6.45, 7) is 0. The molecule has 7 aromatic rings. The van der Waals surface area contributed by atoms with Crippen molar-refractivity contribution in [3.63, 3.8) is 0 Å². The Morgan fingerprint density at radius 2 is 0.897 bits per heavy atom. The van der Waals surface area contributed by atoms with Crippen molar-refractivity contribution in [1.29, 1.82) is 0 Å². The number of hydrogen-bond acceptors (Lipinski definition) is 1. The summed E-state index contributed by atoms with van der Waals surface area (Å²) in [6, 6.07) is 58.7. The fraction of sp³-hybridized carbons (Fsp3) is 0. The fourth-order valence-electron chi connectivity index (χ4n) is 5.48. The first-order valence-corrected chi connectivity index (χ1v) is 13.4. The molecule has 1 heteroatoms. The molecule has 0 aliphatic rings. The van der Waals surface area contributed by atoms with Gasteiger partial charge in [-0.3, -0.25) is 0 Å². The first kappa shape index (κ1) is 23.0. The second-order valence-electron chi connectivity index (χ2n) is 9.86. The van der Waals surface area contributed by atoms with Crippen LogP contribution in [0.15, 0.2) is 164 Å². The van der Waals surface area contributed by atoms with Crippen LogP contribution in [0.1, 0.15) is 0 Å². The standard InChI is InChI=1S/C38H27N/c1-2-15-34(16-3-1)39(35-24-22-30(23-25-35)38-19-9-13-29-11-6-7-18-37(29)38)36-17-8-14-32(27-36)33-21-20-28-10-4-5-12-31(28)26-33/h1-27H. The molecule has 0 aliphatic carbocycles. The normalized spacial score (nSPS) is 11.1. The Bertz CT molecular complexity index is 1900. The van der Waals surface area contributed by atoms with E-state index in [0.29, 0.717) is 0 Å². The van der Waals surface area contributed by atoms with Crippen LogP contribution in [0.4, 0.5) is 17.1 Å². The van der Waals surface area contributed by atoms with Crippen LogP contribution in [-0.2, 0) is 0 Å². The lowest BCUT2D eigenvalue weighted by Gasteiger charge is -2.26. The van der Waals surface area contributed by atoms with Gasteiger partial charge in [0, 0.05) is 17.1 Å². The monoisotopic (exact) mass is 497 g/mol. The molecule has 7 rings (SSSR count). The van der Waals surface area contributed by atoms with Crippen LogP contribution in [-0.4, -0.2) is 0 Å². The van der Waals surface area contributed by atoms with Crippen LogP contribution in [0.25, 0.3) is 43.8 Å². The van der Waals surface area contributed by atoms with Crippen LogP contribution in [0.5, 0.6) is 0 Å². The van der Waals surface area contributed by atoms with Gasteiger partial charge in [-0.1, -0.05) is 121 Å². The Labute approximate surface area is 229 Å². The number of para-hydroxylation sites is 1. The van der Waals surface area contributed by atoms with Gasteiger partial charge < -0.3 is 4.90 Å². The van der Waals surface area contributed by atoms with Gasteiger partial charge in [0.2, 0.25) is 0 Å². The van der Waals surface area contributed by atoms with E-state index < -0.39 is 0 Å². The second kappa shape index (κ2) is 9.96. The number of hydrogen-bond donors (Lipinski definition) is 0. The maximum atomic E-state index is 2.33. The number of fused-ring (bicyclic) bond motifs is 2. The third kappa shape index (κ3) is 4.45. The molecule has 0 aromatic heterocycles. The average Bonchev–Trinajstić information content (AvgIpc) is 3.02. The smallest absolute Gasteiger partial charge is 0.0467 e. The van der Waals surface area contributed by atoms with Crippen LogP contribution >= 0.6 is 0 Å². The molecule has 39 heavy (non-hydrogen) atoms. The molecule has 0 saturated carbocycles. The van der Waals surface area contributed by atoms with E-state index in [4.69, 9.17) is 0 Å². The van der Waals surface area contributed by atoms with E-state index in [1.54, 1.807) is 0 Å². The molecule has 0 bridgehead atoms. The van der Waals surface area contributed by atoms with Gasteiger partial charge in [0.05, 0.1) is 0 Å². The number of benzene rings is 7. The van der Waals surface area contributed by atoms with Crippen LogP contribution in [0, 0.1) is 0 Å². The van der Waals surface area contributed by atoms with E-state index in [-0.39, 0.29) is 0 Å². The molecule has 7 aromatic carbocycles. The van der Waals surface area contributed by atoms with Gasteiger partial charge in [-0.2, -0.15) is 0 Å². The molecular weight excluding hydrogens is 470 g/mol. The van der Waals surface area contributed by atoms with Gasteiger partial charge in [0.25, 0.3) is 0 Å². The van der Waals surface area contributed by atoms with E-state index in [9.17, 15) is 0 Å². The lowest BCUT2D eigenvalue weighted by atomic mass is 9.98. The minimum Gasteiger partial charge on any atom is -0.310 e. The predicted octanol–water partition coefficient (Wildman–Crippen LogP) is 10.8. The van der Waals surface area contributed by atoms with Crippen molar-refractivity contribution < 1.29 is 0 Å². The van der Waals surface area contributed by atoms with E-state index >= 15 is 0 Å². The van der Waals surface area contributed by atoms with Crippen LogP contribution in [0.2, 0.25) is 0 Å². The molecule has 0 spiro atoms. The third-order valence-corrected chi connectivity index (χ3v) is 7.43. The molecule has 1 nitrogen and oxygen atoms in total. The highest BCUT2D eigenvalue weighted by atomic mass is 15.1. The SMILES string of the molecule is c1ccc(N(c2ccc(-c3cccc4ccccc34)cc2)c2cccc(-c3ccc4ccccc4c3)c2)cc1. The fourth-order valence-corrected chi connectivity index (χ4v) is 5.48. The van der Waals surface area contributed by atoms with E-state index in [1.807, 2.05) is 0 Å². The molecule has 184 valence electrons. The Hall–Kier alpha value is -5.14. The second-order valence-corrected chi connectivity index (χ2v) is 9.86. The topological polar surface area (TPSA) is 3.24 Å². The number of nitrogens with zero attached hydrogens (tertiary/aromatic N) is 1. The molecule has 0 unspecified atom stereocenters. The van der Waals surface area contributed by atoms with Crippen molar-refractivity contribution in [2.75, 3.05) is 4.90 Å². The minimum atomic E-state index is 1.13. The highest BCUT2D eigenvalue weighted by Gasteiger charge is 2.14. The molecule has 0 fully saturated rings. The van der Waals surface area contributed by atoms with Crippen molar-refractivity contribution in [3.05, 3.63) is 164 Å². The summed E-state index contributed by atoms with van der Waals surface area (Å²) in [4.78, 5) is 2.33. The number of rotatable bonds is 5. The maximum absolute atomic E-state index is 2.33. The molecule has 0 aliphatic heterocycles. The van der Waals surface area contributed by atoms with Gasteiger partial charge in [-0.05, 0) is 86.3 Å². The molecule has 0 saturated heterocycles. The largest absolute Gasteiger partial charge is 0.310 e. The van der Waals surface area contributed by atoms with Crippen molar-refractivity contribution in [2.24, 2.45) is 0 Å². The summed E-state index contributed by atoms with van der Waals surface area (Å²) in [7, 11) is 0. The lowest BCUT2D eigenvalue weighted by molar-refractivity contribution is 1.28. The third-order valence-electron chi connectivity index (χ3n) is 7.43. The van der Waals surface area contributed by atoms with E-state index in [0.717, 1.165) is 17.1 Å². The van der Waals surface area contributed by atoms with Crippen LogP contribution in [0.3, 0.4) is 0 Å². The summed E-state index contributed by atoms with van der Waals surface area (Å²) in [5.41, 5.74) is 8.27. The van der Waals surface area contributed by atoms with Gasteiger partial charge in [-0.15, -0.1) is 0 Å². The van der Waals surface area contributed by atoms with Crippen LogP contribution < -0.4 is 4.90 Å². The zero-order chi connectivity index (χ0) is 26.0. The molecular formula is C38H27N. The Morgan fingerprint density at radius 3 is 1.74 bits per heavy atom. The summed E-state index contributed by atoms with van der Waals surface area (Å²) >= 11 is 0. The summed E-state index contributed by atoms with van der Waals surface area (Å²) in [6.07, 6.45) is 0. The molecule has 0 atom stereocenters. The van der Waals surface area contributed by atoms with Crippen molar-refractivity contribution in [2.45, 2.75) is 0 Å². The lowest BCUT2D eigenvalue weighted by Crippen LogP contribution is -2.09. The Morgan fingerprint density at radius 1 is 0.308 bits per heavy atom. The zero-order valence-electron chi connectivity index (χ0n) is 21.5. The maximum Gasteiger partial charge on any atom is 0.0467 e. The van der Waals surface area contributed by atoms with Crippen molar-refractivity contribution in [1.82, 2.24) is 0 Å². The first-order valence-electron chi connectivity index (χ1n) is 13.4. The Kier molecular flexibility index (Phi) is 5.88. The molecule has 0 radical (unpaired) electrons. The first-order chi connectivity index (χ1) is 19.3. The van der Waals surface area contributed by atoms with Gasteiger partial charge in [-0.25, -0.2) is 0 Å². The van der Waals surface area contributed by atoms with E-state index in [1.165, 1.54) is 43.8 Å². The number of anilines is 3.